The van der Waals surface area contributed by atoms with E-state index in [1.165, 1.54) is 0 Å². The van der Waals surface area contributed by atoms with E-state index in [1.807, 2.05) is 19.2 Å². The third-order valence-corrected chi connectivity index (χ3v) is 4.59. The molecule has 0 N–H and O–H groups in total. The quantitative estimate of drug-likeness (QED) is 0.711. The van der Waals surface area contributed by atoms with Gasteiger partial charge in [-0.3, -0.25) is 0 Å². The molecule has 2 rings (SSSR count). The fourth-order valence-corrected chi connectivity index (χ4v) is 2.80. The molecule has 6 heteroatoms. The molecule has 0 radical (unpaired) electrons. The van der Waals surface area contributed by atoms with Gasteiger partial charge in [0.1, 0.15) is 11.3 Å². The van der Waals surface area contributed by atoms with E-state index in [2.05, 4.69) is 56.3 Å². The Hall–Kier alpha value is -0.650. The summed E-state index contributed by atoms with van der Waals surface area (Å²) < 4.78 is 3.07. The van der Waals surface area contributed by atoms with Crippen molar-refractivity contribution in [1.29, 1.82) is 0 Å². The van der Waals surface area contributed by atoms with Crippen molar-refractivity contribution >= 4 is 38.7 Å². The Morgan fingerprint density at radius 2 is 2.14 bits per heavy atom. The number of rotatable bonds is 6. The van der Waals surface area contributed by atoms with Crippen LogP contribution < -0.4 is 0 Å². The van der Waals surface area contributed by atoms with Gasteiger partial charge in [-0.1, -0.05) is 6.92 Å². The Labute approximate surface area is 139 Å². The summed E-state index contributed by atoms with van der Waals surface area (Å²) in [5, 5.41) is -0.133. The Bertz CT molecular complexity index is 611. The molecule has 0 saturated carbocycles. The SMILES string of the molecule is CCC(C)N(C)CCn1c(C(C)Cl)nc2cc(Br)cnc21. The van der Waals surface area contributed by atoms with Crippen LogP contribution in [-0.4, -0.2) is 39.1 Å². The molecular formula is C15H22BrClN4. The lowest BCUT2D eigenvalue weighted by atomic mass is 10.2. The van der Waals surface area contributed by atoms with Crippen LogP contribution in [0.5, 0.6) is 0 Å². The first-order chi connectivity index (χ1) is 9.93. The van der Waals surface area contributed by atoms with Crippen LogP contribution in [0.25, 0.3) is 11.2 Å². The lowest BCUT2D eigenvalue weighted by Gasteiger charge is -2.24. The third kappa shape index (κ3) is 3.76. The number of aromatic nitrogens is 3. The zero-order valence-electron chi connectivity index (χ0n) is 13.0. The van der Waals surface area contributed by atoms with Crippen molar-refractivity contribution in [2.45, 2.75) is 45.2 Å². The lowest BCUT2D eigenvalue weighted by Crippen LogP contribution is -2.31. The van der Waals surface area contributed by atoms with E-state index in [4.69, 9.17) is 11.6 Å². The number of fused-ring (bicyclic) bond motifs is 1. The van der Waals surface area contributed by atoms with Crippen molar-refractivity contribution in [1.82, 2.24) is 19.4 Å². The molecule has 0 aromatic carbocycles. The second-order valence-corrected chi connectivity index (χ2v) is 7.04. The minimum atomic E-state index is -0.133. The third-order valence-electron chi connectivity index (χ3n) is 3.96. The molecule has 0 aliphatic rings. The summed E-state index contributed by atoms with van der Waals surface area (Å²) in [4.78, 5) is 11.5. The van der Waals surface area contributed by atoms with Gasteiger partial charge in [0.25, 0.3) is 0 Å². The summed E-state index contributed by atoms with van der Waals surface area (Å²) in [6.45, 7) is 8.20. The van der Waals surface area contributed by atoms with Crippen LogP contribution in [0.3, 0.4) is 0 Å². The van der Waals surface area contributed by atoms with E-state index < -0.39 is 0 Å². The fraction of sp³-hybridized carbons (Fsp3) is 0.600. The van der Waals surface area contributed by atoms with E-state index in [0.717, 1.165) is 41.0 Å². The first-order valence-corrected chi connectivity index (χ1v) is 8.53. The molecule has 0 fully saturated rings. The van der Waals surface area contributed by atoms with Crippen molar-refractivity contribution in [3.8, 4) is 0 Å². The van der Waals surface area contributed by atoms with Gasteiger partial charge in [0.05, 0.1) is 5.38 Å². The average molecular weight is 374 g/mol. The predicted molar refractivity (Wildman–Crippen MR) is 91.9 cm³/mol. The highest BCUT2D eigenvalue weighted by atomic mass is 79.9. The van der Waals surface area contributed by atoms with Crippen LogP contribution >= 0.6 is 27.5 Å². The first kappa shape index (κ1) is 16.7. The Morgan fingerprint density at radius 1 is 1.43 bits per heavy atom. The van der Waals surface area contributed by atoms with Crippen molar-refractivity contribution in [3.05, 3.63) is 22.6 Å². The number of halogens is 2. The number of likely N-dealkylation sites (N-methyl/N-ethyl adjacent to an activating group) is 1. The number of nitrogens with zero attached hydrogens (tertiary/aromatic N) is 4. The minimum Gasteiger partial charge on any atom is -0.310 e. The predicted octanol–water partition coefficient (Wildman–Crippen LogP) is 4.22. The number of imidazole rings is 1. The standard InChI is InChI=1S/C15H22BrClN4/c1-5-10(2)20(4)6-7-21-14(11(3)17)19-13-8-12(16)9-18-15(13)21/h8-11H,5-7H2,1-4H3. The zero-order valence-corrected chi connectivity index (χ0v) is 15.3. The highest BCUT2D eigenvalue weighted by Crippen LogP contribution is 2.25. The zero-order chi connectivity index (χ0) is 15.6. The lowest BCUT2D eigenvalue weighted by molar-refractivity contribution is 0.242. The molecule has 116 valence electrons. The molecular weight excluding hydrogens is 352 g/mol. The van der Waals surface area contributed by atoms with Gasteiger partial charge in [0, 0.05) is 29.8 Å². The van der Waals surface area contributed by atoms with Gasteiger partial charge < -0.3 is 9.47 Å². The smallest absolute Gasteiger partial charge is 0.160 e. The average Bonchev–Trinajstić information content (AvgIpc) is 2.81. The maximum atomic E-state index is 6.29. The molecule has 2 heterocycles. The van der Waals surface area contributed by atoms with Gasteiger partial charge in [0.2, 0.25) is 0 Å². The van der Waals surface area contributed by atoms with Crippen LogP contribution in [0.1, 0.15) is 38.4 Å². The molecule has 4 nitrogen and oxygen atoms in total. The van der Waals surface area contributed by atoms with Gasteiger partial charge in [-0.05, 0) is 49.3 Å². The van der Waals surface area contributed by atoms with Crippen LogP contribution in [-0.2, 0) is 6.54 Å². The summed E-state index contributed by atoms with van der Waals surface area (Å²) in [6.07, 6.45) is 2.95. The molecule has 0 spiro atoms. The van der Waals surface area contributed by atoms with E-state index >= 15 is 0 Å². The van der Waals surface area contributed by atoms with Gasteiger partial charge in [-0.15, -0.1) is 11.6 Å². The molecule has 2 atom stereocenters. The van der Waals surface area contributed by atoms with Crippen molar-refractivity contribution in [2.24, 2.45) is 0 Å². The van der Waals surface area contributed by atoms with Crippen LogP contribution in [0.4, 0.5) is 0 Å². The number of hydrogen-bond acceptors (Lipinski definition) is 3. The Kier molecular flexibility index (Phi) is 5.63. The van der Waals surface area contributed by atoms with Crippen molar-refractivity contribution in [2.75, 3.05) is 13.6 Å². The second kappa shape index (κ2) is 7.07. The summed E-state index contributed by atoms with van der Waals surface area (Å²) in [5.74, 6) is 0.884. The van der Waals surface area contributed by atoms with E-state index in [1.54, 1.807) is 0 Å². The molecule has 2 unspecified atom stereocenters. The molecule has 21 heavy (non-hydrogen) atoms. The Morgan fingerprint density at radius 3 is 2.76 bits per heavy atom. The van der Waals surface area contributed by atoms with E-state index in [9.17, 15) is 0 Å². The highest BCUT2D eigenvalue weighted by Gasteiger charge is 2.17. The largest absolute Gasteiger partial charge is 0.310 e. The normalized spacial score (nSPS) is 14.8. The fourth-order valence-electron chi connectivity index (χ4n) is 2.32. The van der Waals surface area contributed by atoms with Crippen LogP contribution in [0, 0.1) is 0 Å². The minimum absolute atomic E-state index is 0.133. The number of hydrogen-bond donors (Lipinski definition) is 0. The van der Waals surface area contributed by atoms with Gasteiger partial charge in [-0.2, -0.15) is 0 Å². The summed E-state index contributed by atoms with van der Waals surface area (Å²) in [5.41, 5.74) is 1.79. The van der Waals surface area contributed by atoms with Gasteiger partial charge in [-0.25, -0.2) is 9.97 Å². The maximum absolute atomic E-state index is 6.29. The molecule has 0 bridgehead atoms. The molecule has 0 amide bonds. The molecule has 2 aromatic rings. The monoisotopic (exact) mass is 372 g/mol. The maximum Gasteiger partial charge on any atom is 0.160 e. The summed E-state index contributed by atoms with van der Waals surface area (Å²) in [7, 11) is 2.15. The molecule has 0 saturated heterocycles. The van der Waals surface area contributed by atoms with Gasteiger partial charge >= 0.3 is 0 Å². The Balaban J connectivity index is 2.30. The van der Waals surface area contributed by atoms with Crippen LogP contribution in [0.15, 0.2) is 16.7 Å². The number of pyridine rings is 1. The highest BCUT2D eigenvalue weighted by molar-refractivity contribution is 9.10. The summed E-state index contributed by atoms with van der Waals surface area (Å²) in [6, 6.07) is 2.55. The second-order valence-electron chi connectivity index (χ2n) is 5.47. The van der Waals surface area contributed by atoms with E-state index in [-0.39, 0.29) is 5.38 Å². The number of alkyl halides is 1. The molecule has 2 aromatic heterocycles. The first-order valence-electron chi connectivity index (χ1n) is 7.30. The topological polar surface area (TPSA) is 34.0 Å². The van der Waals surface area contributed by atoms with E-state index in [0.29, 0.717) is 6.04 Å². The van der Waals surface area contributed by atoms with Crippen molar-refractivity contribution in [3.63, 3.8) is 0 Å². The van der Waals surface area contributed by atoms with Gasteiger partial charge in [0.15, 0.2) is 5.65 Å². The van der Waals surface area contributed by atoms with Crippen LogP contribution in [0.2, 0.25) is 0 Å². The molecule has 0 aliphatic heterocycles. The van der Waals surface area contributed by atoms with Crippen molar-refractivity contribution < 1.29 is 0 Å². The summed E-state index contributed by atoms with van der Waals surface area (Å²) >= 11 is 9.73. The molecule has 0 aliphatic carbocycles.